The van der Waals surface area contributed by atoms with Crippen LogP contribution in [-0.2, 0) is 0 Å². The molecule has 88 valence electrons. The summed E-state index contributed by atoms with van der Waals surface area (Å²) in [6.45, 7) is 6.99. The van der Waals surface area contributed by atoms with E-state index in [9.17, 15) is 4.79 Å². The van der Waals surface area contributed by atoms with Gasteiger partial charge in [0.05, 0.1) is 12.2 Å². The van der Waals surface area contributed by atoms with Gasteiger partial charge in [0.25, 0.3) is 0 Å². The van der Waals surface area contributed by atoms with Crippen LogP contribution in [0.1, 0.15) is 42.6 Å². The maximum Gasteiger partial charge on any atom is 0.153 e. The molecule has 0 spiro atoms. The van der Waals surface area contributed by atoms with Crippen LogP contribution in [0.3, 0.4) is 0 Å². The lowest BCUT2D eigenvalue weighted by Crippen LogP contribution is -2.11. The highest BCUT2D eigenvalue weighted by molar-refractivity contribution is 5.80. The van der Waals surface area contributed by atoms with Crippen molar-refractivity contribution in [3.8, 4) is 5.75 Å². The van der Waals surface area contributed by atoms with Crippen molar-refractivity contribution in [3.05, 3.63) is 29.3 Å². The normalized spacial score (nSPS) is 10.5. The summed E-state index contributed by atoms with van der Waals surface area (Å²) in [5, 5.41) is 0. The molecule has 16 heavy (non-hydrogen) atoms. The molecule has 0 aliphatic rings. The molecule has 0 aliphatic carbocycles. The van der Waals surface area contributed by atoms with E-state index in [0.717, 1.165) is 30.4 Å². The molecule has 0 heterocycles. The molecular formula is C14H20O2. The van der Waals surface area contributed by atoms with Gasteiger partial charge in [0.1, 0.15) is 5.75 Å². The van der Waals surface area contributed by atoms with Crippen molar-refractivity contribution in [1.82, 2.24) is 0 Å². The molecule has 1 rings (SSSR count). The first-order valence-electron chi connectivity index (χ1n) is 5.90. The van der Waals surface area contributed by atoms with Crippen molar-refractivity contribution >= 4 is 6.29 Å². The van der Waals surface area contributed by atoms with Crippen molar-refractivity contribution in [1.29, 1.82) is 0 Å². The Labute approximate surface area is 97.6 Å². The van der Waals surface area contributed by atoms with Gasteiger partial charge in [-0.3, -0.25) is 4.79 Å². The minimum Gasteiger partial charge on any atom is -0.492 e. The van der Waals surface area contributed by atoms with Crippen LogP contribution in [0.4, 0.5) is 0 Å². The average Bonchev–Trinajstić information content (AvgIpc) is 2.31. The first kappa shape index (κ1) is 12.8. The number of aryl methyl sites for hydroxylation is 1. The minimum atomic E-state index is 0.569. The van der Waals surface area contributed by atoms with Gasteiger partial charge in [-0.1, -0.05) is 38.8 Å². The summed E-state index contributed by atoms with van der Waals surface area (Å²) >= 11 is 0. The van der Waals surface area contributed by atoms with E-state index in [1.807, 2.05) is 19.1 Å². The van der Waals surface area contributed by atoms with Gasteiger partial charge >= 0.3 is 0 Å². The van der Waals surface area contributed by atoms with Gasteiger partial charge in [-0.15, -0.1) is 0 Å². The van der Waals surface area contributed by atoms with Crippen molar-refractivity contribution in [2.24, 2.45) is 5.92 Å². The quantitative estimate of drug-likeness (QED) is 0.684. The van der Waals surface area contributed by atoms with E-state index in [2.05, 4.69) is 13.8 Å². The predicted molar refractivity (Wildman–Crippen MR) is 66.1 cm³/mol. The second-order valence-corrected chi connectivity index (χ2v) is 4.10. The lowest BCUT2D eigenvalue weighted by atomic mass is 10.1. The lowest BCUT2D eigenvalue weighted by molar-refractivity contribution is 0.111. The molecule has 1 aromatic carbocycles. The van der Waals surface area contributed by atoms with Gasteiger partial charge in [-0.2, -0.15) is 0 Å². The second-order valence-electron chi connectivity index (χ2n) is 4.10. The van der Waals surface area contributed by atoms with E-state index in [0.29, 0.717) is 18.1 Å². The maximum absolute atomic E-state index is 10.9. The number of carbonyl (C=O) groups is 1. The predicted octanol–water partition coefficient (Wildman–Crippen LogP) is 3.62. The van der Waals surface area contributed by atoms with E-state index in [-0.39, 0.29) is 0 Å². The van der Waals surface area contributed by atoms with E-state index in [4.69, 9.17) is 4.74 Å². The number of hydrogen-bond donors (Lipinski definition) is 0. The van der Waals surface area contributed by atoms with Crippen molar-refractivity contribution in [2.75, 3.05) is 6.61 Å². The number of rotatable bonds is 6. The van der Waals surface area contributed by atoms with Gasteiger partial charge in [-0.25, -0.2) is 0 Å². The molecule has 0 fully saturated rings. The monoisotopic (exact) mass is 220 g/mol. The highest BCUT2D eigenvalue weighted by Gasteiger charge is 2.09. The number of carbonyl (C=O) groups excluding carboxylic acids is 1. The SMILES string of the molecule is CCC(CC)COc1c(C)cccc1C=O. The standard InChI is InChI=1S/C14H20O2/c1-4-12(5-2)10-16-14-11(3)7-6-8-13(14)9-15/h6-9,12H,4-5,10H2,1-3H3. The van der Waals surface area contributed by atoms with Crippen molar-refractivity contribution in [2.45, 2.75) is 33.6 Å². The molecule has 2 nitrogen and oxygen atoms in total. The highest BCUT2D eigenvalue weighted by atomic mass is 16.5. The molecule has 0 bridgehead atoms. The van der Waals surface area contributed by atoms with Crippen LogP contribution in [0, 0.1) is 12.8 Å². The van der Waals surface area contributed by atoms with E-state index >= 15 is 0 Å². The molecule has 0 unspecified atom stereocenters. The Morgan fingerprint density at radius 1 is 1.31 bits per heavy atom. The summed E-state index contributed by atoms with van der Waals surface area (Å²) in [6.07, 6.45) is 3.08. The largest absolute Gasteiger partial charge is 0.492 e. The molecule has 0 saturated carbocycles. The Balaban J connectivity index is 2.76. The van der Waals surface area contributed by atoms with Crippen LogP contribution < -0.4 is 4.74 Å². The fraction of sp³-hybridized carbons (Fsp3) is 0.500. The Bertz CT molecular complexity index is 341. The van der Waals surface area contributed by atoms with Gasteiger partial charge in [0, 0.05) is 0 Å². The van der Waals surface area contributed by atoms with Crippen LogP contribution in [0.2, 0.25) is 0 Å². The van der Waals surface area contributed by atoms with Crippen LogP contribution >= 0.6 is 0 Å². The van der Waals surface area contributed by atoms with E-state index in [1.54, 1.807) is 6.07 Å². The highest BCUT2D eigenvalue weighted by Crippen LogP contribution is 2.23. The Hall–Kier alpha value is -1.31. The third kappa shape index (κ3) is 3.09. The van der Waals surface area contributed by atoms with Crippen LogP contribution in [0.25, 0.3) is 0 Å². The summed E-state index contributed by atoms with van der Waals surface area (Å²) in [7, 11) is 0. The number of hydrogen-bond acceptors (Lipinski definition) is 2. The third-order valence-electron chi connectivity index (χ3n) is 2.99. The third-order valence-corrected chi connectivity index (χ3v) is 2.99. The Kier molecular flexibility index (Phi) is 5.03. The van der Waals surface area contributed by atoms with Crippen LogP contribution in [0.5, 0.6) is 5.75 Å². The maximum atomic E-state index is 10.9. The second kappa shape index (κ2) is 6.31. The number of benzene rings is 1. The van der Waals surface area contributed by atoms with Gasteiger partial charge < -0.3 is 4.74 Å². The molecule has 0 saturated heterocycles. The molecular weight excluding hydrogens is 200 g/mol. The summed E-state index contributed by atoms with van der Waals surface area (Å²) < 4.78 is 5.77. The zero-order valence-electron chi connectivity index (χ0n) is 10.3. The fourth-order valence-corrected chi connectivity index (χ4v) is 1.69. The smallest absolute Gasteiger partial charge is 0.153 e. The summed E-state index contributed by atoms with van der Waals surface area (Å²) in [5.41, 5.74) is 1.67. The molecule has 0 aromatic heterocycles. The zero-order chi connectivity index (χ0) is 12.0. The Morgan fingerprint density at radius 2 is 2.00 bits per heavy atom. The first-order valence-corrected chi connectivity index (χ1v) is 5.90. The number of ether oxygens (including phenoxy) is 1. The molecule has 0 atom stereocenters. The van der Waals surface area contributed by atoms with Gasteiger partial charge in [0.2, 0.25) is 0 Å². The first-order chi connectivity index (χ1) is 7.72. The Morgan fingerprint density at radius 3 is 2.56 bits per heavy atom. The number of aldehydes is 1. The molecule has 0 aliphatic heterocycles. The van der Waals surface area contributed by atoms with E-state index < -0.39 is 0 Å². The van der Waals surface area contributed by atoms with Gasteiger partial charge in [-0.05, 0) is 24.5 Å². The molecule has 0 N–H and O–H groups in total. The fourth-order valence-electron chi connectivity index (χ4n) is 1.69. The lowest BCUT2D eigenvalue weighted by Gasteiger charge is -2.16. The number of para-hydroxylation sites is 1. The van der Waals surface area contributed by atoms with Crippen molar-refractivity contribution in [3.63, 3.8) is 0 Å². The molecule has 2 heteroatoms. The van der Waals surface area contributed by atoms with Gasteiger partial charge in [0.15, 0.2) is 6.29 Å². The van der Waals surface area contributed by atoms with Crippen molar-refractivity contribution < 1.29 is 9.53 Å². The van der Waals surface area contributed by atoms with E-state index in [1.165, 1.54) is 0 Å². The molecule has 1 aromatic rings. The van der Waals surface area contributed by atoms with Crippen LogP contribution in [-0.4, -0.2) is 12.9 Å². The average molecular weight is 220 g/mol. The molecule has 0 amide bonds. The summed E-state index contributed by atoms with van der Waals surface area (Å²) in [5.74, 6) is 1.31. The zero-order valence-corrected chi connectivity index (χ0v) is 10.3. The summed E-state index contributed by atoms with van der Waals surface area (Å²) in [6, 6.07) is 5.64. The van der Waals surface area contributed by atoms with Crippen LogP contribution in [0.15, 0.2) is 18.2 Å². The molecule has 0 radical (unpaired) electrons. The minimum absolute atomic E-state index is 0.569. The summed E-state index contributed by atoms with van der Waals surface area (Å²) in [4.78, 5) is 10.9. The topological polar surface area (TPSA) is 26.3 Å².